The topological polar surface area (TPSA) is 50.7 Å². The Bertz CT molecular complexity index is 389. The Morgan fingerprint density at radius 3 is 2.56 bits per heavy atom. The number of likely N-dealkylation sites (N-methyl/N-ethyl adjacent to an activating group) is 1. The van der Waals surface area contributed by atoms with Crippen LogP contribution in [0.3, 0.4) is 0 Å². The highest BCUT2D eigenvalue weighted by atomic mass is 16.7. The summed E-state index contributed by atoms with van der Waals surface area (Å²) in [5.41, 5.74) is 1.99. The van der Waals surface area contributed by atoms with Crippen molar-refractivity contribution in [2.45, 2.75) is 31.8 Å². The van der Waals surface area contributed by atoms with Crippen molar-refractivity contribution < 1.29 is 14.6 Å². The lowest BCUT2D eigenvalue weighted by atomic mass is 10.0. The third-order valence-corrected chi connectivity index (χ3v) is 3.10. The second kappa shape index (κ2) is 5.36. The molecule has 0 radical (unpaired) electrons. The SMILES string of the molecule is CNCC(O)c1ccc(C2COC(C)(C)O2)cc1. The quantitative estimate of drug-likeness (QED) is 0.856. The van der Waals surface area contributed by atoms with Crippen molar-refractivity contribution in [2.75, 3.05) is 20.2 Å². The van der Waals surface area contributed by atoms with Crippen molar-refractivity contribution in [3.63, 3.8) is 0 Å². The van der Waals surface area contributed by atoms with Gasteiger partial charge in [-0.3, -0.25) is 0 Å². The van der Waals surface area contributed by atoms with Gasteiger partial charge >= 0.3 is 0 Å². The molecule has 2 N–H and O–H groups in total. The Hall–Kier alpha value is -0.940. The molecule has 0 bridgehead atoms. The average molecular weight is 251 g/mol. The van der Waals surface area contributed by atoms with E-state index < -0.39 is 11.9 Å². The van der Waals surface area contributed by atoms with Gasteiger partial charge in [-0.25, -0.2) is 0 Å². The number of hydrogen-bond acceptors (Lipinski definition) is 4. The van der Waals surface area contributed by atoms with Gasteiger partial charge in [0.15, 0.2) is 5.79 Å². The Morgan fingerprint density at radius 2 is 2.06 bits per heavy atom. The number of hydrogen-bond donors (Lipinski definition) is 2. The van der Waals surface area contributed by atoms with Crippen LogP contribution in [0.1, 0.15) is 37.2 Å². The van der Waals surface area contributed by atoms with Crippen molar-refractivity contribution in [1.29, 1.82) is 0 Å². The van der Waals surface area contributed by atoms with Crippen LogP contribution >= 0.6 is 0 Å². The van der Waals surface area contributed by atoms with Gasteiger partial charge in [0.25, 0.3) is 0 Å². The lowest BCUT2D eigenvalue weighted by molar-refractivity contribution is -0.139. The summed E-state index contributed by atoms with van der Waals surface area (Å²) in [6.07, 6.45) is -0.489. The Labute approximate surface area is 108 Å². The highest BCUT2D eigenvalue weighted by Crippen LogP contribution is 2.33. The lowest BCUT2D eigenvalue weighted by Gasteiger charge is -2.17. The molecule has 2 atom stereocenters. The van der Waals surface area contributed by atoms with E-state index in [1.807, 2.05) is 45.2 Å². The summed E-state index contributed by atoms with van der Waals surface area (Å²) in [5.74, 6) is -0.505. The molecule has 1 aromatic rings. The molecule has 4 nitrogen and oxygen atoms in total. The predicted molar refractivity (Wildman–Crippen MR) is 69.2 cm³/mol. The fraction of sp³-hybridized carbons (Fsp3) is 0.571. The van der Waals surface area contributed by atoms with Gasteiger partial charge in [0, 0.05) is 6.54 Å². The monoisotopic (exact) mass is 251 g/mol. The van der Waals surface area contributed by atoms with E-state index in [4.69, 9.17) is 9.47 Å². The molecule has 4 heteroatoms. The summed E-state index contributed by atoms with van der Waals surface area (Å²) in [4.78, 5) is 0. The molecule has 2 unspecified atom stereocenters. The maximum atomic E-state index is 9.84. The smallest absolute Gasteiger partial charge is 0.163 e. The van der Waals surface area contributed by atoms with E-state index in [1.165, 1.54) is 0 Å². The summed E-state index contributed by atoms with van der Waals surface area (Å²) in [6, 6.07) is 7.85. The fourth-order valence-electron chi connectivity index (χ4n) is 2.10. The fourth-order valence-corrected chi connectivity index (χ4v) is 2.10. The molecular formula is C14H21NO3. The summed E-state index contributed by atoms with van der Waals surface area (Å²) in [6.45, 7) is 4.96. The molecule has 100 valence electrons. The number of benzene rings is 1. The van der Waals surface area contributed by atoms with Crippen molar-refractivity contribution >= 4 is 0 Å². The molecule has 1 saturated heterocycles. The van der Waals surface area contributed by atoms with Crippen LogP contribution in [0.5, 0.6) is 0 Å². The van der Waals surface area contributed by atoms with E-state index in [1.54, 1.807) is 0 Å². The molecule has 18 heavy (non-hydrogen) atoms. The normalized spacial score (nSPS) is 24.1. The van der Waals surface area contributed by atoms with Gasteiger partial charge < -0.3 is 19.9 Å². The van der Waals surface area contributed by atoms with E-state index in [0.717, 1.165) is 11.1 Å². The molecule has 0 spiro atoms. The van der Waals surface area contributed by atoms with Crippen LogP contribution in [0.4, 0.5) is 0 Å². The van der Waals surface area contributed by atoms with Crippen LogP contribution in [0.15, 0.2) is 24.3 Å². The summed E-state index contributed by atoms with van der Waals surface area (Å²) in [7, 11) is 1.82. The van der Waals surface area contributed by atoms with Crippen LogP contribution in [-0.2, 0) is 9.47 Å². The molecule has 0 aliphatic carbocycles. The molecular weight excluding hydrogens is 230 g/mol. The van der Waals surface area contributed by atoms with Gasteiger partial charge in [-0.15, -0.1) is 0 Å². The number of rotatable bonds is 4. The molecule has 1 aliphatic heterocycles. The number of nitrogens with one attached hydrogen (secondary N) is 1. The number of ether oxygens (including phenoxy) is 2. The second-order valence-corrected chi connectivity index (χ2v) is 5.06. The minimum absolute atomic E-state index is 0.0181. The summed E-state index contributed by atoms with van der Waals surface area (Å²) < 4.78 is 11.3. The zero-order valence-corrected chi connectivity index (χ0v) is 11.1. The zero-order chi connectivity index (χ0) is 13.2. The molecule has 0 saturated carbocycles. The molecule has 1 aliphatic rings. The third kappa shape index (κ3) is 3.09. The van der Waals surface area contributed by atoms with E-state index in [9.17, 15) is 5.11 Å². The van der Waals surface area contributed by atoms with Gasteiger partial charge in [-0.2, -0.15) is 0 Å². The van der Waals surface area contributed by atoms with E-state index in [2.05, 4.69) is 5.32 Å². The maximum Gasteiger partial charge on any atom is 0.163 e. The molecule has 1 heterocycles. The Balaban J connectivity index is 2.04. The minimum Gasteiger partial charge on any atom is -0.387 e. The zero-order valence-electron chi connectivity index (χ0n) is 11.1. The van der Waals surface area contributed by atoms with Gasteiger partial charge in [0.2, 0.25) is 0 Å². The lowest BCUT2D eigenvalue weighted by Crippen LogP contribution is -2.19. The molecule has 1 aromatic carbocycles. The Kier molecular flexibility index (Phi) is 4.02. The summed E-state index contributed by atoms with van der Waals surface area (Å²) >= 11 is 0. The van der Waals surface area contributed by atoms with Crippen molar-refractivity contribution in [1.82, 2.24) is 5.32 Å². The average Bonchev–Trinajstić information content (AvgIpc) is 2.70. The maximum absolute atomic E-state index is 9.84. The minimum atomic E-state index is -0.505. The van der Waals surface area contributed by atoms with Gasteiger partial charge in [-0.1, -0.05) is 24.3 Å². The van der Waals surface area contributed by atoms with Gasteiger partial charge in [-0.05, 0) is 32.0 Å². The second-order valence-electron chi connectivity index (χ2n) is 5.06. The van der Waals surface area contributed by atoms with Gasteiger partial charge in [0.05, 0.1) is 12.7 Å². The molecule has 0 amide bonds. The van der Waals surface area contributed by atoms with E-state index in [0.29, 0.717) is 13.2 Å². The van der Waals surface area contributed by atoms with Crippen LogP contribution < -0.4 is 5.32 Å². The van der Waals surface area contributed by atoms with Crippen LogP contribution in [0.2, 0.25) is 0 Å². The first kappa shape index (κ1) is 13.5. The van der Waals surface area contributed by atoms with E-state index >= 15 is 0 Å². The van der Waals surface area contributed by atoms with Crippen LogP contribution in [-0.4, -0.2) is 31.1 Å². The van der Waals surface area contributed by atoms with Crippen LogP contribution in [0, 0.1) is 0 Å². The number of aliphatic hydroxyl groups is 1. The predicted octanol–water partition coefficient (Wildman–Crippen LogP) is 1.76. The standard InChI is InChI=1S/C14H21NO3/c1-14(2)17-9-13(18-14)11-6-4-10(5-7-11)12(16)8-15-3/h4-7,12-13,15-16H,8-9H2,1-3H3. The molecule has 2 rings (SSSR count). The van der Waals surface area contributed by atoms with Crippen molar-refractivity contribution in [3.8, 4) is 0 Å². The highest BCUT2D eigenvalue weighted by molar-refractivity contribution is 5.26. The Morgan fingerprint density at radius 1 is 1.39 bits per heavy atom. The molecule has 0 aromatic heterocycles. The van der Waals surface area contributed by atoms with E-state index in [-0.39, 0.29) is 6.10 Å². The molecule has 1 fully saturated rings. The highest BCUT2D eigenvalue weighted by Gasteiger charge is 2.33. The largest absolute Gasteiger partial charge is 0.387 e. The first-order chi connectivity index (χ1) is 8.52. The van der Waals surface area contributed by atoms with Crippen molar-refractivity contribution in [2.24, 2.45) is 0 Å². The first-order valence-electron chi connectivity index (χ1n) is 6.26. The summed E-state index contributed by atoms with van der Waals surface area (Å²) in [5, 5.41) is 12.8. The van der Waals surface area contributed by atoms with Gasteiger partial charge in [0.1, 0.15) is 6.10 Å². The van der Waals surface area contributed by atoms with Crippen LogP contribution in [0.25, 0.3) is 0 Å². The van der Waals surface area contributed by atoms with Crippen molar-refractivity contribution in [3.05, 3.63) is 35.4 Å². The first-order valence-corrected chi connectivity index (χ1v) is 6.26. The third-order valence-electron chi connectivity index (χ3n) is 3.10. The number of aliphatic hydroxyl groups excluding tert-OH is 1.